The Labute approximate surface area is 121 Å². The summed E-state index contributed by atoms with van der Waals surface area (Å²) in [5.41, 5.74) is 2.21. The average molecular weight is 275 g/mol. The molecule has 1 aromatic carbocycles. The SMILES string of the molecule is Cc1ccc(C(C)(C)CC(=O)NCC2(CO)CC2)cc1. The van der Waals surface area contributed by atoms with Crippen molar-refractivity contribution in [1.82, 2.24) is 5.32 Å². The van der Waals surface area contributed by atoms with Gasteiger partial charge in [0, 0.05) is 18.4 Å². The van der Waals surface area contributed by atoms with E-state index in [1.165, 1.54) is 11.1 Å². The minimum absolute atomic E-state index is 0.0241. The van der Waals surface area contributed by atoms with Crippen molar-refractivity contribution in [3.05, 3.63) is 35.4 Å². The van der Waals surface area contributed by atoms with E-state index in [4.69, 9.17) is 0 Å². The first-order valence-corrected chi connectivity index (χ1v) is 7.32. The summed E-state index contributed by atoms with van der Waals surface area (Å²) >= 11 is 0. The van der Waals surface area contributed by atoms with Gasteiger partial charge in [-0.15, -0.1) is 0 Å². The zero-order valence-corrected chi connectivity index (χ0v) is 12.7. The van der Waals surface area contributed by atoms with Crippen LogP contribution >= 0.6 is 0 Å². The van der Waals surface area contributed by atoms with Crippen molar-refractivity contribution in [1.29, 1.82) is 0 Å². The van der Waals surface area contributed by atoms with Gasteiger partial charge in [0.2, 0.25) is 5.91 Å². The van der Waals surface area contributed by atoms with Gasteiger partial charge in [-0.05, 0) is 30.7 Å². The summed E-state index contributed by atoms with van der Waals surface area (Å²) in [6, 6.07) is 8.36. The summed E-state index contributed by atoms with van der Waals surface area (Å²) in [6.07, 6.45) is 2.51. The highest BCUT2D eigenvalue weighted by Gasteiger charge is 2.42. The van der Waals surface area contributed by atoms with Crippen molar-refractivity contribution in [3.63, 3.8) is 0 Å². The molecular formula is C17H25NO2. The third-order valence-corrected chi connectivity index (χ3v) is 4.39. The van der Waals surface area contributed by atoms with Crippen molar-refractivity contribution in [2.45, 2.75) is 45.4 Å². The summed E-state index contributed by atoms with van der Waals surface area (Å²) < 4.78 is 0. The van der Waals surface area contributed by atoms with Gasteiger partial charge in [-0.1, -0.05) is 43.7 Å². The average Bonchev–Trinajstić information content (AvgIpc) is 3.17. The van der Waals surface area contributed by atoms with Crippen molar-refractivity contribution >= 4 is 5.91 Å². The Morgan fingerprint density at radius 2 is 1.90 bits per heavy atom. The number of amides is 1. The molecule has 2 rings (SSSR count). The molecule has 0 heterocycles. The number of rotatable bonds is 6. The monoisotopic (exact) mass is 275 g/mol. The molecule has 0 spiro atoms. The van der Waals surface area contributed by atoms with Gasteiger partial charge in [0.05, 0.1) is 6.61 Å². The van der Waals surface area contributed by atoms with E-state index >= 15 is 0 Å². The van der Waals surface area contributed by atoms with Crippen LogP contribution < -0.4 is 5.32 Å². The molecule has 1 saturated carbocycles. The maximum Gasteiger partial charge on any atom is 0.220 e. The molecule has 2 N–H and O–H groups in total. The smallest absolute Gasteiger partial charge is 0.220 e. The first kappa shape index (κ1) is 15.0. The lowest BCUT2D eigenvalue weighted by atomic mass is 9.81. The molecule has 0 atom stereocenters. The second-order valence-corrected chi connectivity index (χ2v) is 6.86. The summed E-state index contributed by atoms with van der Waals surface area (Å²) in [4.78, 5) is 12.1. The van der Waals surface area contributed by atoms with E-state index in [1.807, 2.05) is 0 Å². The molecule has 1 amide bonds. The molecular weight excluding hydrogens is 250 g/mol. The Morgan fingerprint density at radius 1 is 1.30 bits per heavy atom. The van der Waals surface area contributed by atoms with Gasteiger partial charge in [-0.3, -0.25) is 4.79 Å². The largest absolute Gasteiger partial charge is 0.396 e. The molecule has 1 fully saturated rings. The number of hydrogen-bond donors (Lipinski definition) is 2. The van der Waals surface area contributed by atoms with Crippen molar-refractivity contribution in [2.75, 3.05) is 13.2 Å². The van der Waals surface area contributed by atoms with Gasteiger partial charge in [0.25, 0.3) is 0 Å². The third-order valence-electron chi connectivity index (χ3n) is 4.39. The zero-order valence-electron chi connectivity index (χ0n) is 12.7. The van der Waals surface area contributed by atoms with E-state index in [0.717, 1.165) is 12.8 Å². The molecule has 0 radical (unpaired) electrons. The molecule has 0 saturated heterocycles. The minimum Gasteiger partial charge on any atom is -0.396 e. The molecule has 20 heavy (non-hydrogen) atoms. The fourth-order valence-electron chi connectivity index (χ4n) is 2.42. The van der Waals surface area contributed by atoms with Gasteiger partial charge >= 0.3 is 0 Å². The molecule has 0 bridgehead atoms. The number of carbonyl (C=O) groups is 1. The van der Waals surface area contributed by atoms with E-state index in [2.05, 4.69) is 50.4 Å². The van der Waals surface area contributed by atoms with Gasteiger partial charge < -0.3 is 10.4 Å². The van der Waals surface area contributed by atoms with Gasteiger partial charge in [-0.25, -0.2) is 0 Å². The lowest BCUT2D eigenvalue weighted by molar-refractivity contribution is -0.122. The predicted octanol–water partition coefficient (Wildman–Crippen LogP) is 2.55. The fraction of sp³-hybridized carbons (Fsp3) is 0.588. The maximum atomic E-state index is 12.1. The molecule has 3 nitrogen and oxygen atoms in total. The molecule has 1 aliphatic carbocycles. The topological polar surface area (TPSA) is 49.3 Å². The van der Waals surface area contributed by atoms with Crippen LogP contribution in [-0.2, 0) is 10.2 Å². The maximum absolute atomic E-state index is 12.1. The second kappa shape index (κ2) is 5.57. The van der Waals surface area contributed by atoms with Gasteiger partial charge in [0.1, 0.15) is 0 Å². The summed E-state index contributed by atoms with van der Waals surface area (Å²) in [7, 11) is 0. The van der Waals surface area contributed by atoms with E-state index < -0.39 is 0 Å². The number of carbonyl (C=O) groups excluding carboxylic acids is 1. The van der Waals surface area contributed by atoms with Crippen LogP contribution in [0.3, 0.4) is 0 Å². The summed E-state index contributed by atoms with van der Waals surface area (Å²) in [5, 5.41) is 12.2. The quantitative estimate of drug-likeness (QED) is 0.838. The highest BCUT2D eigenvalue weighted by atomic mass is 16.3. The molecule has 0 aromatic heterocycles. The van der Waals surface area contributed by atoms with Gasteiger partial charge in [-0.2, -0.15) is 0 Å². The Balaban J connectivity index is 1.90. The molecule has 3 heteroatoms. The Hall–Kier alpha value is -1.35. The molecule has 110 valence electrons. The number of aliphatic hydroxyl groups excluding tert-OH is 1. The van der Waals surface area contributed by atoms with E-state index in [-0.39, 0.29) is 23.3 Å². The number of benzene rings is 1. The highest BCUT2D eigenvalue weighted by Crippen LogP contribution is 2.44. The van der Waals surface area contributed by atoms with Crippen LogP contribution in [0, 0.1) is 12.3 Å². The normalized spacial score (nSPS) is 16.8. The van der Waals surface area contributed by atoms with Crippen LogP contribution in [0.1, 0.15) is 44.2 Å². The molecule has 0 unspecified atom stereocenters. The van der Waals surface area contributed by atoms with Crippen LogP contribution in [0.25, 0.3) is 0 Å². The predicted molar refractivity (Wildman–Crippen MR) is 80.6 cm³/mol. The van der Waals surface area contributed by atoms with E-state index in [0.29, 0.717) is 13.0 Å². The molecule has 1 aliphatic rings. The van der Waals surface area contributed by atoms with Crippen LogP contribution in [0.15, 0.2) is 24.3 Å². The Kier molecular flexibility index (Phi) is 4.19. The van der Waals surface area contributed by atoms with Crippen molar-refractivity contribution in [3.8, 4) is 0 Å². The molecule has 1 aromatic rings. The van der Waals surface area contributed by atoms with Crippen LogP contribution in [0.2, 0.25) is 0 Å². The fourth-order valence-corrected chi connectivity index (χ4v) is 2.42. The van der Waals surface area contributed by atoms with Crippen molar-refractivity contribution < 1.29 is 9.90 Å². The Bertz CT molecular complexity index is 472. The number of aliphatic hydroxyl groups is 1. The number of aryl methyl sites for hydroxylation is 1. The van der Waals surface area contributed by atoms with Crippen LogP contribution in [-0.4, -0.2) is 24.2 Å². The molecule has 0 aliphatic heterocycles. The van der Waals surface area contributed by atoms with E-state index in [1.54, 1.807) is 0 Å². The van der Waals surface area contributed by atoms with E-state index in [9.17, 15) is 9.90 Å². The first-order chi connectivity index (χ1) is 9.37. The number of nitrogens with one attached hydrogen (secondary N) is 1. The standard InChI is InChI=1S/C17H25NO2/c1-13-4-6-14(7-5-13)16(2,3)10-15(20)18-11-17(12-19)8-9-17/h4-7,19H,8-12H2,1-3H3,(H,18,20). The second-order valence-electron chi connectivity index (χ2n) is 6.86. The third kappa shape index (κ3) is 3.60. The highest BCUT2D eigenvalue weighted by molar-refractivity contribution is 5.77. The number of hydrogen-bond acceptors (Lipinski definition) is 2. The summed E-state index contributed by atoms with van der Waals surface area (Å²) in [5.74, 6) is 0.0651. The lowest BCUT2D eigenvalue weighted by Crippen LogP contribution is -2.35. The lowest BCUT2D eigenvalue weighted by Gasteiger charge is -2.25. The van der Waals surface area contributed by atoms with Gasteiger partial charge in [0.15, 0.2) is 0 Å². The minimum atomic E-state index is -0.173. The first-order valence-electron chi connectivity index (χ1n) is 7.32. The summed E-state index contributed by atoms with van der Waals surface area (Å²) in [6.45, 7) is 7.03. The van der Waals surface area contributed by atoms with Crippen molar-refractivity contribution in [2.24, 2.45) is 5.41 Å². The zero-order chi connectivity index (χ0) is 14.8. The van der Waals surface area contributed by atoms with Crippen LogP contribution in [0.5, 0.6) is 0 Å². The van der Waals surface area contributed by atoms with Crippen LogP contribution in [0.4, 0.5) is 0 Å². The Morgan fingerprint density at radius 3 is 2.40 bits per heavy atom.